The van der Waals surface area contributed by atoms with Crippen molar-refractivity contribution in [3.05, 3.63) is 65.7 Å². The maximum Gasteiger partial charge on any atom is 0.123 e. The minimum atomic E-state index is -0.207. The molecular formula is C15H17FN2. The second-order valence-corrected chi connectivity index (χ2v) is 4.36. The van der Waals surface area contributed by atoms with Gasteiger partial charge in [-0.3, -0.25) is 4.98 Å². The van der Waals surface area contributed by atoms with E-state index in [0.717, 1.165) is 11.3 Å². The fourth-order valence-corrected chi connectivity index (χ4v) is 2.22. The largest absolute Gasteiger partial charge is 0.312 e. The van der Waals surface area contributed by atoms with Crippen molar-refractivity contribution in [1.29, 1.82) is 0 Å². The Labute approximate surface area is 107 Å². The Morgan fingerprint density at radius 1 is 1.17 bits per heavy atom. The molecule has 2 aromatic rings. The Hall–Kier alpha value is -1.74. The minimum absolute atomic E-state index is 0.0515. The van der Waals surface area contributed by atoms with E-state index in [1.54, 1.807) is 18.3 Å². The monoisotopic (exact) mass is 244 g/mol. The van der Waals surface area contributed by atoms with E-state index in [4.69, 9.17) is 0 Å². The molecule has 0 radical (unpaired) electrons. The Morgan fingerprint density at radius 2 is 2.00 bits per heavy atom. The van der Waals surface area contributed by atoms with Gasteiger partial charge in [0.15, 0.2) is 0 Å². The molecule has 2 atom stereocenters. The van der Waals surface area contributed by atoms with E-state index in [0.29, 0.717) is 0 Å². The second-order valence-electron chi connectivity index (χ2n) is 4.36. The smallest absolute Gasteiger partial charge is 0.123 e. The fourth-order valence-electron chi connectivity index (χ4n) is 2.22. The van der Waals surface area contributed by atoms with Gasteiger partial charge in [0.25, 0.3) is 0 Å². The van der Waals surface area contributed by atoms with Gasteiger partial charge < -0.3 is 5.32 Å². The number of hydrogen-bond acceptors (Lipinski definition) is 2. The van der Waals surface area contributed by atoms with Crippen LogP contribution < -0.4 is 5.32 Å². The molecule has 1 N–H and O–H groups in total. The Morgan fingerprint density at radius 3 is 2.61 bits per heavy atom. The third kappa shape index (κ3) is 2.74. The summed E-state index contributed by atoms with van der Waals surface area (Å²) in [6.07, 6.45) is 1.78. The summed E-state index contributed by atoms with van der Waals surface area (Å²) in [7, 11) is 1.88. The third-order valence-corrected chi connectivity index (χ3v) is 3.17. The summed E-state index contributed by atoms with van der Waals surface area (Å²) in [4.78, 5) is 4.36. The summed E-state index contributed by atoms with van der Waals surface area (Å²) in [5, 5.41) is 3.24. The number of halogens is 1. The zero-order valence-corrected chi connectivity index (χ0v) is 10.6. The van der Waals surface area contributed by atoms with Crippen molar-refractivity contribution in [3.63, 3.8) is 0 Å². The van der Waals surface area contributed by atoms with E-state index >= 15 is 0 Å². The molecule has 1 aromatic carbocycles. The first-order valence-electron chi connectivity index (χ1n) is 6.06. The molecule has 3 heteroatoms. The van der Waals surface area contributed by atoms with Gasteiger partial charge in [0.05, 0.1) is 0 Å². The van der Waals surface area contributed by atoms with E-state index < -0.39 is 0 Å². The Kier molecular flexibility index (Phi) is 4.05. The molecule has 0 aliphatic heterocycles. The quantitative estimate of drug-likeness (QED) is 0.892. The molecule has 2 rings (SSSR count). The van der Waals surface area contributed by atoms with Crippen LogP contribution in [0.3, 0.4) is 0 Å². The number of aromatic nitrogens is 1. The molecular weight excluding hydrogens is 227 g/mol. The zero-order chi connectivity index (χ0) is 13.0. The fraction of sp³-hybridized carbons (Fsp3) is 0.267. The predicted molar refractivity (Wildman–Crippen MR) is 70.9 cm³/mol. The summed E-state index contributed by atoms with van der Waals surface area (Å²) < 4.78 is 13.3. The lowest BCUT2D eigenvalue weighted by atomic mass is 9.91. The van der Waals surface area contributed by atoms with Crippen molar-refractivity contribution >= 4 is 0 Å². The first kappa shape index (κ1) is 12.7. The molecule has 0 saturated carbocycles. The Bertz CT molecular complexity index is 499. The van der Waals surface area contributed by atoms with Crippen LogP contribution in [0.5, 0.6) is 0 Å². The maximum atomic E-state index is 13.3. The van der Waals surface area contributed by atoms with Gasteiger partial charge in [-0.2, -0.15) is 0 Å². The van der Waals surface area contributed by atoms with Crippen LogP contribution in [0.1, 0.15) is 30.1 Å². The molecule has 0 aliphatic carbocycles. The van der Waals surface area contributed by atoms with E-state index in [9.17, 15) is 4.39 Å². The summed E-state index contributed by atoms with van der Waals surface area (Å²) in [5.41, 5.74) is 1.94. The highest BCUT2D eigenvalue weighted by Crippen LogP contribution is 2.29. The first-order valence-corrected chi connectivity index (χ1v) is 6.06. The normalized spacial score (nSPS) is 14.2. The van der Waals surface area contributed by atoms with Crippen LogP contribution in [-0.2, 0) is 0 Å². The number of nitrogens with one attached hydrogen (secondary N) is 1. The molecule has 0 amide bonds. The molecule has 1 heterocycles. The van der Waals surface area contributed by atoms with Gasteiger partial charge >= 0.3 is 0 Å². The number of pyridine rings is 1. The molecule has 1 aromatic heterocycles. The number of likely N-dealkylation sites (N-methyl/N-ethyl adjacent to an activating group) is 1. The van der Waals surface area contributed by atoms with Crippen molar-refractivity contribution in [2.75, 3.05) is 7.05 Å². The van der Waals surface area contributed by atoms with E-state index in [1.807, 2.05) is 31.3 Å². The number of benzene rings is 1. The van der Waals surface area contributed by atoms with Gasteiger partial charge in [-0.1, -0.05) is 25.1 Å². The number of hydrogen-bond donors (Lipinski definition) is 1. The minimum Gasteiger partial charge on any atom is -0.312 e. The third-order valence-electron chi connectivity index (χ3n) is 3.17. The average Bonchev–Trinajstić information content (AvgIpc) is 2.40. The summed E-state index contributed by atoms with van der Waals surface area (Å²) in [6.45, 7) is 2.09. The lowest BCUT2D eigenvalue weighted by Crippen LogP contribution is -2.22. The standard InChI is InChI=1S/C15H17FN2/c1-11(14-8-3-4-9-18-14)15(17-2)12-6-5-7-13(16)10-12/h3-11,15,17H,1-2H3. The van der Waals surface area contributed by atoms with Crippen molar-refractivity contribution in [2.45, 2.75) is 18.9 Å². The van der Waals surface area contributed by atoms with Crippen molar-refractivity contribution in [3.8, 4) is 0 Å². The molecule has 94 valence electrons. The van der Waals surface area contributed by atoms with Crippen LogP contribution in [0.4, 0.5) is 4.39 Å². The molecule has 2 nitrogen and oxygen atoms in total. The van der Waals surface area contributed by atoms with Crippen LogP contribution >= 0.6 is 0 Å². The molecule has 0 fully saturated rings. The highest BCUT2D eigenvalue weighted by Gasteiger charge is 2.20. The van der Waals surface area contributed by atoms with Crippen LogP contribution in [0.25, 0.3) is 0 Å². The lowest BCUT2D eigenvalue weighted by molar-refractivity contribution is 0.495. The highest BCUT2D eigenvalue weighted by atomic mass is 19.1. The molecule has 18 heavy (non-hydrogen) atoms. The summed E-state index contributed by atoms with van der Waals surface area (Å²) >= 11 is 0. The van der Waals surface area contributed by atoms with E-state index in [-0.39, 0.29) is 17.8 Å². The van der Waals surface area contributed by atoms with Gasteiger partial charge in [-0.15, -0.1) is 0 Å². The van der Waals surface area contributed by atoms with Gasteiger partial charge in [-0.05, 0) is 36.9 Å². The zero-order valence-electron chi connectivity index (χ0n) is 10.6. The highest BCUT2D eigenvalue weighted by molar-refractivity contribution is 5.24. The van der Waals surface area contributed by atoms with Crippen LogP contribution in [0, 0.1) is 5.82 Å². The van der Waals surface area contributed by atoms with Crippen LogP contribution in [0.2, 0.25) is 0 Å². The predicted octanol–water partition coefficient (Wildman–Crippen LogP) is 3.28. The van der Waals surface area contributed by atoms with Crippen molar-refractivity contribution in [2.24, 2.45) is 0 Å². The maximum absolute atomic E-state index is 13.3. The lowest BCUT2D eigenvalue weighted by Gasteiger charge is -2.23. The summed E-state index contributed by atoms with van der Waals surface area (Å²) in [6, 6.07) is 12.6. The molecule has 2 unspecified atom stereocenters. The van der Waals surface area contributed by atoms with Gasteiger partial charge in [0.2, 0.25) is 0 Å². The van der Waals surface area contributed by atoms with Crippen molar-refractivity contribution in [1.82, 2.24) is 10.3 Å². The number of rotatable bonds is 4. The van der Waals surface area contributed by atoms with Gasteiger partial charge in [-0.25, -0.2) is 4.39 Å². The molecule has 0 saturated heterocycles. The van der Waals surface area contributed by atoms with E-state index in [1.165, 1.54) is 6.07 Å². The van der Waals surface area contributed by atoms with Crippen LogP contribution in [-0.4, -0.2) is 12.0 Å². The molecule has 0 spiro atoms. The van der Waals surface area contributed by atoms with Crippen LogP contribution in [0.15, 0.2) is 48.7 Å². The molecule has 0 bridgehead atoms. The number of nitrogens with zero attached hydrogens (tertiary/aromatic N) is 1. The average molecular weight is 244 g/mol. The van der Waals surface area contributed by atoms with Crippen molar-refractivity contribution < 1.29 is 4.39 Å². The summed E-state index contributed by atoms with van der Waals surface area (Å²) in [5.74, 6) is -0.0287. The van der Waals surface area contributed by atoms with Gasteiger partial charge in [0, 0.05) is 23.9 Å². The molecule has 0 aliphatic rings. The van der Waals surface area contributed by atoms with E-state index in [2.05, 4.69) is 17.2 Å². The van der Waals surface area contributed by atoms with Gasteiger partial charge in [0.1, 0.15) is 5.82 Å². The SMILES string of the molecule is CNC(c1cccc(F)c1)C(C)c1ccccn1. The first-order chi connectivity index (χ1) is 8.72. The Balaban J connectivity index is 2.29. The second kappa shape index (κ2) is 5.74. The topological polar surface area (TPSA) is 24.9 Å².